The lowest BCUT2D eigenvalue weighted by Gasteiger charge is -2.13. The molecule has 0 aromatic heterocycles. The van der Waals surface area contributed by atoms with E-state index in [4.69, 9.17) is 5.73 Å². The summed E-state index contributed by atoms with van der Waals surface area (Å²) >= 11 is 0. The van der Waals surface area contributed by atoms with Crippen LogP contribution < -0.4 is 5.73 Å². The zero-order chi connectivity index (χ0) is 15.6. The van der Waals surface area contributed by atoms with Gasteiger partial charge in [-0.2, -0.15) is 0 Å². The van der Waals surface area contributed by atoms with Gasteiger partial charge >= 0.3 is 0 Å². The summed E-state index contributed by atoms with van der Waals surface area (Å²) in [7, 11) is 0. The molecule has 0 amide bonds. The molecule has 2 rings (SSSR count). The summed E-state index contributed by atoms with van der Waals surface area (Å²) in [6, 6.07) is 6.63. The first kappa shape index (κ1) is 15.0. The zero-order valence-corrected chi connectivity index (χ0v) is 10.7. The van der Waals surface area contributed by atoms with Crippen LogP contribution in [0.25, 0.3) is 0 Å². The topological polar surface area (TPSA) is 69.2 Å². The van der Waals surface area contributed by atoms with Crippen molar-refractivity contribution in [2.24, 2.45) is 5.73 Å². The lowest BCUT2D eigenvalue weighted by atomic mass is 9.98. The molecule has 110 valence electrons. The predicted molar refractivity (Wildman–Crippen MR) is 70.0 cm³/mol. The molecule has 0 spiro atoms. The van der Waals surface area contributed by atoms with Crippen LogP contribution in [-0.4, -0.2) is 4.92 Å². The number of nitrogens with two attached hydrogens (primary N) is 1. The van der Waals surface area contributed by atoms with Crippen molar-refractivity contribution in [2.75, 3.05) is 0 Å². The zero-order valence-electron chi connectivity index (χ0n) is 10.7. The molecule has 21 heavy (non-hydrogen) atoms. The Morgan fingerprint density at radius 2 is 1.76 bits per heavy atom. The molecule has 0 aliphatic heterocycles. The van der Waals surface area contributed by atoms with Gasteiger partial charge in [-0.15, -0.1) is 0 Å². The molecule has 2 N–H and O–H groups in total. The molecule has 0 fully saturated rings. The number of para-hydroxylation sites is 1. The quantitative estimate of drug-likeness (QED) is 0.535. The van der Waals surface area contributed by atoms with Crippen LogP contribution >= 0.6 is 0 Å². The summed E-state index contributed by atoms with van der Waals surface area (Å²) in [4.78, 5) is 10.3. The fourth-order valence-electron chi connectivity index (χ4n) is 2.04. The van der Waals surface area contributed by atoms with Crippen molar-refractivity contribution >= 4 is 5.69 Å². The molecule has 0 saturated heterocycles. The number of nitrogens with zero attached hydrogens (tertiary/aromatic N) is 1. The normalized spacial score (nSPS) is 12.2. The first-order chi connectivity index (χ1) is 9.91. The highest BCUT2D eigenvalue weighted by atomic mass is 19.2. The van der Waals surface area contributed by atoms with Crippen molar-refractivity contribution in [2.45, 2.75) is 12.5 Å². The van der Waals surface area contributed by atoms with Gasteiger partial charge in [-0.25, -0.2) is 13.2 Å². The minimum absolute atomic E-state index is 0.0703. The second-order valence-corrected chi connectivity index (χ2v) is 4.46. The molecular formula is C14H11F3N2O2. The molecule has 0 bridgehead atoms. The van der Waals surface area contributed by atoms with Crippen LogP contribution in [0.2, 0.25) is 0 Å². The highest BCUT2D eigenvalue weighted by Gasteiger charge is 2.21. The number of nitro groups is 1. The van der Waals surface area contributed by atoms with Crippen molar-refractivity contribution in [1.29, 1.82) is 0 Å². The van der Waals surface area contributed by atoms with Gasteiger partial charge in [0, 0.05) is 23.2 Å². The molecule has 0 saturated carbocycles. The Kier molecular flexibility index (Phi) is 4.23. The Hall–Kier alpha value is -2.41. The van der Waals surface area contributed by atoms with Crippen molar-refractivity contribution in [3.05, 3.63) is 75.1 Å². The van der Waals surface area contributed by atoms with E-state index in [2.05, 4.69) is 0 Å². The fraction of sp³-hybridized carbons (Fsp3) is 0.143. The van der Waals surface area contributed by atoms with Crippen molar-refractivity contribution in [3.8, 4) is 0 Å². The molecule has 0 radical (unpaired) electrons. The van der Waals surface area contributed by atoms with Crippen LogP contribution in [-0.2, 0) is 6.42 Å². The van der Waals surface area contributed by atoms with E-state index in [0.717, 1.165) is 12.1 Å². The van der Waals surface area contributed by atoms with Crippen LogP contribution in [0.15, 0.2) is 36.4 Å². The van der Waals surface area contributed by atoms with Gasteiger partial charge < -0.3 is 5.73 Å². The number of nitro benzene ring substituents is 1. The summed E-state index contributed by atoms with van der Waals surface area (Å²) in [6.07, 6.45) is -0.0703. The average molecular weight is 296 g/mol. The summed E-state index contributed by atoms with van der Waals surface area (Å²) in [5, 5.41) is 10.9. The van der Waals surface area contributed by atoms with Gasteiger partial charge in [-0.05, 0) is 12.5 Å². The van der Waals surface area contributed by atoms with E-state index < -0.39 is 28.4 Å². The van der Waals surface area contributed by atoms with Gasteiger partial charge in [0.25, 0.3) is 5.69 Å². The monoisotopic (exact) mass is 296 g/mol. The smallest absolute Gasteiger partial charge is 0.272 e. The molecule has 2 aromatic rings. The molecule has 1 atom stereocenters. The Morgan fingerprint density at radius 1 is 1.10 bits per heavy atom. The summed E-state index contributed by atoms with van der Waals surface area (Å²) < 4.78 is 39.7. The minimum atomic E-state index is -1.61. The molecular weight excluding hydrogens is 285 g/mol. The Morgan fingerprint density at radius 3 is 2.43 bits per heavy atom. The largest absolute Gasteiger partial charge is 0.324 e. The number of rotatable bonds is 4. The predicted octanol–water partition coefficient (Wildman–Crippen LogP) is 3.25. The lowest BCUT2D eigenvalue weighted by Crippen LogP contribution is -2.17. The molecule has 7 heteroatoms. The van der Waals surface area contributed by atoms with Crippen LogP contribution in [0.1, 0.15) is 17.2 Å². The Balaban J connectivity index is 2.33. The van der Waals surface area contributed by atoms with Crippen molar-refractivity contribution in [3.63, 3.8) is 0 Å². The van der Waals surface area contributed by atoms with Crippen LogP contribution in [0.3, 0.4) is 0 Å². The van der Waals surface area contributed by atoms with E-state index in [1.54, 1.807) is 6.07 Å². The third-order valence-corrected chi connectivity index (χ3v) is 3.09. The van der Waals surface area contributed by atoms with Gasteiger partial charge in [0.1, 0.15) is 0 Å². The van der Waals surface area contributed by atoms with E-state index in [-0.39, 0.29) is 17.7 Å². The number of benzene rings is 2. The number of halogens is 3. The molecule has 1 unspecified atom stereocenters. The molecule has 2 aromatic carbocycles. The Bertz CT molecular complexity index is 692. The maximum atomic E-state index is 13.6. The molecule has 0 aliphatic carbocycles. The number of hydrogen-bond acceptors (Lipinski definition) is 3. The summed E-state index contributed by atoms with van der Waals surface area (Å²) in [5.74, 6) is -4.29. The van der Waals surface area contributed by atoms with Crippen molar-refractivity contribution < 1.29 is 18.1 Å². The standard InChI is InChI=1S/C14H11F3N2O2/c15-10-6-5-9(13(16)14(10)17)11(18)7-8-3-1-2-4-12(8)19(20)21/h1-6,11H,7,18H2. The van der Waals surface area contributed by atoms with E-state index in [1.165, 1.54) is 18.2 Å². The van der Waals surface area contributed by atoms with Gasteiger partial charge in [-0.3, -0.25) is 10.1 Å². The first-order valence-corrected chi connectivity index (χ1v) is 6.03. The summed E-state index contributed by atoms with van der Waals surface area (Å²) in [6.45, 7) is 0. The van der Waals surface area contributed by atoms with E-state index in [0.29, 0.717) is 5.56 Å². The fourth-order valence-corrected chi connectivity index (χ4v) is 2.04. The highest BCUT2D eigenvalue weighted by Crippen LogP contribution is 2.26. The average Bonchev–Trinajstić information content (AvgIpc) is 2.45. The van der Waals surface area contributed by atoms with E-state index in [9.17, 15) is 23.3 Å². The molecule has 0 aliphatic rings. The van der Waals surface area contributed by atoms with Gasteiger partial charge in [-0.1, -0.05) is 24.3 Å². The maximum absolute atomic E-state index is 13.6. The minimum Gasteiger partial charge on any atom is -0.324 e. The third-order valence-electron chi connectivity index (χ3n) is 3.09. The SMILES string of the molecule is NC(Cc1ccccc1[N+](=O)[O-])c1ccc(F)c(F)c1F. The van der Waals surface area contributed by atoms with Crippen LogP contribution in [0.5, 0.6) is 0 Å². The van der Waals surface area contributed by atoms with Gasteiger partial charge in [0.05, 0.1) is 4.92 Å². The molecule has 4 nitrogen and oxygen atoms in total. The maximum Gasteiger partial charge on any atom is 0.272 e. The first-order valence-electron chi connectivity index (χ1n) is 6.03. The molecule has 0 heterocycles. The van der Waals surface area contributed by atoms with Gasteiger partial charge in [0.2, 0.25) is 0 Å². The number of hydrogen-bond donors (Lipinski definition) is 1. The summed E-state index contributed by atoms with van der Waals surface area (Å²) in [5.41, 5.74) is 5.67. The Labute approximate surface area is 118 Å². The van der Waals surface area contributed by atoms with Crippen LogP contribution in [0, 0.1) is 27.6 Å². The van der Waals surface area contributed by atoms with E-state index >= 15 is 0 Å². The second kappa shape index (κ2) is 5.92. The van der Waals surface area contributed by atoms with E-state index in [1.807, 2.05) is 0 Å². The second-order valence-electron chi connectivity index (χ2n) is 4.46. The van der Waals surface area contributed by atoms with Gasteiger partial charge in [0.15, 0.2) is 17.5 Å². The highest BCUT2D eigenvalue weighted by molar-refractivity contribution is 5.41. The lowest BCUT2D eigenvalue weighted by molar-refractivity contribution is -0.385. The third kappa shape index (κ3) is 3.03. The van der Waals surface area contributed by atoms with Crippen molar-refractivity contribution in [1.82, 2.24) is 0 Å². The van der Waals surface area contributed by atoms with Crippen LogP contribution in [0.4, 0.5) is 18.9 Å².